The molecule has 2 atom stereocenters. The lowest BCUT2D eigenvalue weighted by atomic mass is 9.99. The number of hydrogen-bond donors (Lipinski definition) is 2. The molecule has 0 amide bonds. The molecule has 0 fully saturated rings. The number of allylic oxidation sites excluding steroid dienone is 2. The lowest BCUT2D eigenvalue weighted by Crippen LogP contribution is -2.35. The van der Waals surface area contributed by atoms with Crippen LogP contribution in [0, 0.1) is 11.6 Å². The molecule has 0 aliphatic heterocycles. The van der Waals surface area contributed by atoms with Crippen LogP contribution in [0.3, 0.4) is 0 Å². The normalized spacial score (nSPS) is 32.3. The largest absolute Gasteiger partial charge is 0.428 e. The molecule has 14 nitrogen and oxygen atoms in total. The van der Waals surface area contributed by atoms with Crippen molar-refractivity contribution in [3.63, 3.8) is 0 Å². The van der Waals surface area contributed by atoms with Crippen LogP contribution >= 0.6 is 23.2 Å². The standard InChI is InChI=1S/2C16H17ClFNO6S/c2*1-10(20)24-9-25-16(21)12-4-2-3-5-15(12)26(22,23)19-14-7-6-11(18)8-13(14)17/h2*4,6-8,15,19H,2-3,5,9H2,1H3/t15-;/m1./s1/i2*2D2,3D2,4D,5D2,6D,7D,8D,15D. The van der Waals surface area contributed by atoms with Gasteiger partial charge in [-0.05, 0) is 74.5 Å². The van der Waals surface area contributed by atoms with Crippen LogP contribution in [0.5, 0.6) is 0 Å². The first-order valence-corrected chi connectivity index (χ1v) is 16.7. The van der Waals surface area contributed by atoms with Crippen molar-refractivity contribution in [2.24, 2.45) is 0 Å². The van der Waals surface area contributed by atoms with Crippen LogP contribution in [-0.2, 0) is 58.2 Å². The highest BCUT2D eigenvalue weighted by atomic mass is 35.5. The van der Waals surface area contributed by atoms with E-state index < -0.39 is 199 Å². The summed E-state index contributed by atoms with van der Waals surface area (Å²) in [6.45, 7) is -0.716. The van der Waals surface area contributed by atoms with Crippen LogP contribution in [0.4, 0.5) is 20.2 Å². The topological polar surface area (TPSA) is 198 Å². The van der Waals surface area contributed by atoms with Crippen LogP contribution in [0.1, 0.15) is 82.2 Å². The molecule has 0 radical (unpaired) electrons. The summed E-state index contributed by atoms with van der Waals surface area (Å²) in [4.78, 5) is 47.3. The van der Waals surface area contributed by atoms with E-state index in [1.807, 2.05) is 0 Å². The maximum Gasteiger partial charge on any atom is 0.337 e. The van der Waals surface area contributed by atoms with Crippen molar-refractivity contribution in [1.29, 1.82) is 0 Å². The number of nitrogens with one attached hydrogen (secondary N) is 2. The minimum atomic E-state index is -5.97. The van der Waals surface area contributed by atoms with Crippen molar-refractivity contribution in [1.82, 2.24) is 0 Å². The third-order valence-corrected chi connectivity index (χ3v) is 8.30. The van der Waals surface area contributed by atoms with Gasteiger partial charge in [0.15, 0.2) is 0 Å². The summed E-state index contributed by atoms with van der Waals surface area (Å²) < 4.78 is 277. The Hall–Kier alpha value is -4.26. The van der Waals surface area contributed by atoms with Crippen molar-refractivity contribution in [2.75, 3.05) is 23.0 Å². The number of hydrogen-bond acceptors (Lipinski definition) is 12. The molecule has 2 aromatic rings. The summed E-state index contributed by atoms with van der Waals surface area (Å²) in [6, 6.07) is -11.4. The number of anilines is 2. The van der Waals surface area contributed by atoms with Crippen molar-refractivity contribution in [3.05, 3.63) is 81.2 Å². The molecular weight excluding hydrogens is 777 g/mol. The van der Waals surface area contributed by atoms with Gasteiger partial charge in [-0.3, -0.25) is 19.0 Å². The Kier molecular flexibility index (Phi) is 7.40. The fraction of sp³-hybridized carbons (Fsp3) is 0.375. The SMILES string of the molecule is [2H]C1=C(C(=O)OCOC(C)=O)C([2H])(S(=O)(=O)Nc2c([2H])c([2H])c(F)c([2H])c2Cl)C([2H])([2H])C([2H])([2H])C1([2H])[2H].[2H]C1=C(C(=O)OCOC(C)=O)[C@]([2H])(S(=O)(=O)Nc2c([2H])c([2H])c(F)c([2H])c2Cl)C([2H])([2H])C([2H])([2H])C1([2H])[2H]. The summed E-state index contributed by atoms with van der Waals surface area (Å²) in [5.74, 6) is -9.35. The van der Waals surface area contributed by atoms with Gasteiger partial charge in [-0.1, -0.05) is 35.3 Å². The summed E-state index contributed by atoms with van der Waals surface area (Å²) in [6.07, 6.45) is -23.8. The minimum absolute atomic E-state index is 0.880. The molecule has 284 valence electrons. The second-order valence-corrected chi connectivity index (χ2v) is 12.7. The average molecular weight is 834 g/mol. The molecule has 0 spiro atoms. The lowest BCUT2D eigenvalue weighted by Gasteiger charge is -2.24. The summed E-state index contributed by atoms with van der Waals surface area (Å²) in [5, 5.41) is -10.8. The number of carbonyl (C=O) groups is 4. The zero-order valence-corrected chi connectivity index (χ0v) is 28.8. The van der Waals surface area contributed by atoms with E-state index in [9.17, 15) is 44.8 Å². The molecule has 1 unspecified atom stereocenters. The van der Waals surface area contributed by atoms with Gasteiger partial charge in [-0.2, -0.15) is 0 Å². The van der Waals surface area contributed by atoms with Crippen molar-refractivity contribution in [3.8, 4) is 0 Å². The van der Waals surface area contributed by atoms with Gasteiger partial charge in [-0.25, -0.2) is 35.2 Å². The Morgan fingerprint density at radius 1 is 0.750 bits per heavy atom. The second kappa shape index (κ2) is 19.0. The molecule has 2 aliphatic rings. The zero-order valence-electron chi connectivity index (χ0n) is 47.6. The van der Waals surface area contributed by atoms with Gasteiger partial charge in [0.05, 0.1) is 46.3 Å². The third kappa shape index (κ3) is 12.5. The maximum atomic E-state index is 13.9. The predicted octanol–water partition coefficient (Wildman–Crippen LogP) is 5.53. The van der Waals surface area contributed by atoms with Crippen molar-refractivity contribution < 1.29 is 93.9 Å². The highest BCUT2D eigenvalue weighted by Gasteiger charge is 2.37. The molecule has 0 saturated carbocycles. The fourth-order valence-electron chi connectivity index (χ4n) is 3.01. The molecular formula is C32H34Cl2F2N2O12S2. The summed E-state index contributed by atoms with van der Waals surface area (Å²) >= 11 is 11.5. The fourth-order valence-corrected chi connectivity index (χ4v) is 5.70. The number of benzene rings is 2. The quantitative estimate of drug-likeness (QED) is 0.201. The number of ether oxygens (including phenoxy) is 4. The molecule has 0 bridgehead atoms. The molecule has 20 heteroatoms. The number of sulfonamides is 2. The highest BCUT2D eigenvalue weighted by Crippen LogP contribution is 2.31. The molecule has 52 heavy (non-hydrogen) atoms. The van der Waals surface area contributed by atoms with Gasteiger partial charge in [0.2, 0.25) is 33.6 Å². The number of esters is 4. The molecule has 0 heterocycles. The van der Waals surface area contributed by atoms with Crippen LogP contribution in [0.25, 0.3) is 0 Å². The van der Waals surface area contributed by atoms with E-state index in [1.165, 1.54) is 9.44 Å². The van der Waals surface area contributed by atoms with E-state index in [0.29, 0.717) is 0 Å². The van der Waals surface area contributed by atoms with Crippen LogP contribution in [-0.4, -0.2) is 64.8 Å². The molecule has 0 saturated heterocycles. The van der Waals surface area contributed by atoms with Gasteiger partial charge in [-0.15, -0.1) is 0 Å². The van der Waals surface area contributed by atoms with Crippen LogP contribution < -0.4 is 9.44 Å². The lowest BCUT2D eigenvalue weighted by molar-refractivity contribution is -0.164. The molecule has 2 aliphatic carbocycles. The van der Waals surface area contributed by atoms with E-state index in [-0.39, 0.29) is 0 Å². The summed E-state index contributed by atoms with van der Waals surface area (Å²) in [5.41, 5.74) is -6.15. The highest BCUT2D eigenvalue weighted by molar-refractivity contribution is 7.93. The Balaban J connectivity index is 0.000000390. The molecule has 0 aromatic heterocycles. The van der Waals surface area contributed by atoms with Gasteiger partial charge in [0.1, 0.15) is 22.1 Å². The van der Waals surface area contributed by atoms with Gasteiger partial charge >= 0.3 is 23.9 Å². The van der Waals surface area contributed by atoms with Crippen LogP contribution in [0.15, 0.2) is 59.5 Å². The smallest absolute Gasteiger partial charge is 0.337 e. The molecule has 4 rings (SSSR count). The second-order valence-electron chi connectivity index (χ2n) is 8.75. The van der Waals surface area contributed by atoms with E-state index in [0.717, 1.165) is 13.8 Å². The van der Waals surface area contributed by atoms with Crippen molar-refractivity contribution in [2.45, 2.75) is 62.5 Å². The first-order valence-electron chi connectivity index (χ1n) is 24.0. The minimum Gasteiger partial charge on any atom is -0.428 e. The van der Waals surface area contributed by atoms with E-state index in [4.69, 9.17) is 53.4 Å². The first-order chi connectivity index (χ1) is 33.0. The monoisotopic (exact) mass is 832 g/mol. The zero-order chi connectivity index (χ0) is 58.2. The molecule has 2 aromatic carbocycles. The van der Waals surface area contributed by atoms with Gasteiger partial charge in [0, 0.05) is 30.3 Å². The summed E-state index contributed by atoms with van der Waals surface area (Å²) in [7, 11) is -11.9. The van der Waals surface area contributed by atoms with Gasteiger partial charge in [0.25, 0.3) is 0 Å². The molecule has 2 N–H and O–H groups in total. The van der Waals surface area contributed by atoms with E-state index in [2.05, 4.69) is 18.9 Å². The van der Waals surface area contributed by atoms with E-state index >= 15 is 0 Å². The first kappa shape index (κ1) is 20.3. The Bertz CT molecular complexity index is 2790. The Morgan fingerprint density at radius 3 is 1.46 bits per heavy atom. The third-order valence-electron chi connectivity index (χ3n) is 5.10. The number of rotatable bonds is 12. The van der Waals surface area contributed by atoms with Crippen LogP contribution in [0.2, 0.25) is 10.0 Å². The predicted molar refractivity (Wildman–Crippen MR) is 185 cm³/mol. The Morgan fingerprint density at radius 2 is 1.12 bits per heavy atom. The maximum absolute atomic E-state index is 13.9. The number of halogens is 4. The average Bonchev–Trinajstić information content (AvgIpc) is 3.27. The van der Waals surface area contributed by atoms with E-state index in [1.54, 1.807) is 0 Å². The van der Waals surface area contributed by atoms with Crippen molar-refractivity contribution >= 4 is 78.5 Å². The van der Waals surface area contributed by atoms with Gasteiger partial charge < -0.3 is 18.9 Å². The Labute approximate surface area is 339 Å². The number of carbonyl (C=O) groups excluding carboxylic acids is 4.